The minimum absolute atomic E-state index is 0.0142. The van der Waals surface area contributed by atoms with E-state index < -0.39 is 0 Å². The van der Waals surface area contributed by atoms with Crippen molar-refractivity contribution in [1.82, 2.24) is 4.90 Å². The molecule has 2 amide bonds. The number of benzene rings is 3. The SMILES string of the molecule is Cc1cc(Br)ccc1C(=O)N1C2CCC1[C@@H](C(=O)Nc1ccc3oc4ccccc4c3c1)C2. The molecule has 2 fully saturated rings. The molecule has 6 heteroatoms. The van der Waals surface area contributed by atoms with Crippen LogP contribution in [0.3, 0.4) is 0 Å². The summed E-state index contributed by atoms with van der Waals surface area (Å²) in [6, 6.07) is 19.5. The van der Waals surface area contributed by atoms with Gasteiger partial charge in [-0.1, -0.05) is 34.1 Å². The Balaban J connectivity index is 1.24. The van der Waals surface area contributed by atoms with Crippen molar-refractivity contribution in [1.29, 1.82) is 0 Å². The number of nitrogens with one attached hydrogen (secondary N) is 1. The van der Waals surface area contributed by atoms with Crippen molar-refractivity contribution < 1.29 is 14.0 Å². The summed E-state index contributed by atoms with van der Waals surface area (Å²) in [6.07, 6.45) is 2.55. The van der Waals surface area contributed by atoms with Gasteiger partial charge in [-0.05, 0) is 74.2 Å². The van der Waals surface area contributed by atoms with Crippen molar-refractivity contribution in [2.24, 2.45) is 5.92 Å². The Kier molecular flexibility index (Phi) is 4.80. The highest BCUT2D eigenvalue weighted by Gasteiger charge is 2.51. The first kappa shape index (κ1) is 20.5. The minimum atomic E-state index is -0.194. The summed E-state index contributed by atoms with van der Waals surface area (Å²) >= 11 is 3.47. The number of furan rings is 1. The lowest BCUT2D eigenvalue weighted by atomic mass is 9.88. The van der Waals surface area contributed by atoms with Crippen LogP contribution in [-0.4, -0.2) is 28.8 Å². The number of aryl methyl sites for hydroxylation is 1. The summed E-state index contributed by atoms with van der Waals surface area (Å²) in [6.45, 7) is 1.95. The molecule has 1 N–H and O–H groups in total. The van der Waals surface area contributed by atoms with Crippen LogP contribution >= 0.6 is 15.9 Å². The van der Waals surface area contributed by atoms with Crippen molar-refractivity contribution in [2.75, 3.05) is 5.32 Å². The molecule has 3 aromatic carbocycles. The van der Waals surface area contributed by atoms with E-state index in [1.807, 2.05) is 72.5 Å². The standard InChI is InChI=1S/C27H23BrN2O3/c1-15-12-16(28)6-9-19(15)27(32)30-18-8-10-23(30)22(14-18)26(31)29-17-7-11-25-21(13-17)20-4-2-3-5-24(20)33-25/h2-7,9,11-13,18,22-23H,8,10,14H2,1H3,(H,29,31)/t18?,22-,23?/m0/s1. The van der Waals surface area contributed by atoms with E-state index >= 15 is 0 Å². The van der Waals surface area contributed by atoms with Gasteiger partial charge in [0.2, 0.25) is 5.91 Å². The molecule has 33 heavy (non-hydrogen) atoms. The van der Waals surface area contributed by atoms with Crippen LogP contribution in [0.4, 0.5) is 5.69 Å². The molecule has 4 aromatic rings. The van der Waals surface area contributed by atoms with Crippen LogP contribution in [0.1, 0.15) is 35.2 Å². The van der Waals surface area contributed by atoms with Gasteiger partial charge in [-0.3, -0.25) is 9.59 Å². The predicted molar refractivity (Wildman–Crippen MR) is 132 cm³/mol. The second-order valence-electron chi connectivity index (χ2n) is 9.11. The lowest BCUT2D eigenvalue weighted by Gasteiger charge is -2.25. The first-order valence-corrected chi connectivity index (χ1v) is 12.1. The molecule has 2 aliphatic heterocycles. The highest BCUT2D eigenvalue weighted by atomic mass is 79.9. The zero-order chi connectivity index (χ0) is 22.7. The van der Waals surface area contributed by atoms with E-state index in [0.717, 1.165) is 50.5 Å². The molecule has 0 saturated carbocycles. The summed E-state index contributed by atoms with van der Waals surface area (Å²) in [7, 11) is 0. The average molecular weight is 503 g/mol. The largest absolute Gasteiger partial charge is 0.456 e. The molecule has 2 saturated heterocycles. The molecule has 6 rings (SSSR count). The quantitative estimate of drug-likeness (QED) is 0.358. The maximum Gasteiger partial charge on any atom is 0.254 e. The number of halogens is 1. The zero-order valence-electron chi connectivity index (χ0n) is 18.2. The maximum absolute atomic E-state index is 13.4. The van der Waals surface area contributed by atoms with E-state index in [2.05, 4.69) is 21.2 Å². The number of carbonyl (C=O) groups excluding carboxylic acids is 2. The second-order valence-corrected chi connectivity index (χ2v) is 10.0. The molecule has 5 nitrogen and oxygen atoms in total. The van der Waals surface area contributed by atoms with Crippen LogP contribution in [0.5, 0.6) is 0 Å². The smallest absolute Gasteiger partial charge is 0.254 e. The normalized spacial score (nSPS) is 21.8. The van der Waals surface area contributed by atoms with Gasteiger partial charge in [0.05, 0.1) is 5.92 Å². The Morgan fingerprint density at radius 3 is 2.67 bits per heavy atom. The number of rotatable bonds is 3. The zero-order valence-corrected chi connectivity index (χ0v) is 19.8. The number of hydrogen-bond acceptors (Lipinski definition) is 3. The average Bonchev–Trinajstić information content (AvgIpc) is 3.49. The van der Waals surface area contributed by atoms with Crippen molar-refractivity contribution in [3.05, 3.63) is 76.3 Å². The summed E-state index contributed by atoms with van der Waals surface area (Å²) in [4.78, 5) is 28.6. The van der Waals surface area contributed by atoms with Gasteiger partial charge in [0.25, 0.3) is 5.91 Å². The first-order chi connectivity index (χ1) is 16.0. The van der Waals surface area contributed by atoms with Gasteiger partial charge < -0.3 is 14.6 Å². The minimum Gasteiger partial charge on any atom is -0.456 e. The van der Waals surface area contributed by atoms with Crippen LogP contribution in [-0.2, 0) is 4.79 Å². The molecule has 2 unspecified atom stereocenters. The van der Waals surface area contributed by atoms with E-state index in [4.69, 9.17) is 4.42 Å². The Morgan fingerprint density at radius 1 is 1.00 bits per heavy atom. The molecule has 3 heterocycles. The topological polar surface area (TPSA) is 62.6 Å². The number of nitrogens with zero attached hydrogens (tertiary/aromatic N) is 1. The van der Waals surface area contributed by atoms with Crippen molar-refractivity contribution >= 4 is 55.4 Å². The number of hydrogen-bond donors (Lipinski definition) is 1. The third-order valence-corrected chi connectivity index (χ3v) is 7.66. The summed E-state index contributed by atoms with van der Waals surface area (Å²) in [5.41, 5.74) is 4.05. The number of para-hydroxylation sites is 1. The van der Waals surface area contributed by atoms with Gasteiger partial charge in [-0.15, -0.1) is 0 Å². The third kappa shape index (κ3) is 3.35. The van der Waals surface area contributed by atoms with Crippen molar-refractivity contribution in [3.63, 3.8) is 0 Å². The van der Waals surface area contributed by atoms with E-state index in [0.29, 0.717) is 12.0 Å². The van der Waals surface area contributed by atoms with Gasteiger partial charge in [0.1, 0.15) is 11.2 Å². The van der Waals surface area contributed by atoms with Gasteiger partial charge in [0.15, 0.2) is 0 Å². The molecule has 3 atom stereocenters. The van der Waals surface area contributed by atoms with Crippen LogP contribution < -0.4 is 5.32 Å². The van der Waals surface area contributed by atoms with Gasteiger partial charge >= 0.3 is 0 Å². The van der Waals surface area contributed by atoms with Crippen molar-refractivity contribution in [3.8, 4) is 0 Å². The van der Waals surface area contributed by atoms with Crippen molar-refractivity contribution in [2.45, 2.75) is 38.3 Å². The van der Waals surface area contributed by atoms with Crippen LogP contribution in [0.15, 0.2) is 69.6 Å². The Morgan fingerprint density at radius 2 is 1.82 bits per heavy atom. The molecule has 166 valence electrons. The molecule has 1 aromatic heterocycles. The lowest BCUT2D eigenvalue weighted by molar-refractivity contribution is -0.120. The molecule has 2 aliphatic rings. The Labute approximate surface area is 199 Å². The third-order valence-electron chi connectivity index (χ3n) is 7.17. The monoisotopic (exact) mass is 502 g/mol. The van der Waals surface area contributed by atoms with Gasteiger partial charge in [-0.25, -0.2) is 0 Å². The molecule has 0 radical (unpaired) electrons. The fourth-order valence-electron chi connectivity index (χ4n) is 5.63. The number of fused-ring (bicyclic) bond motifs is 5. The van der Waals surface area contributed by atoms with Gasteiger partial charge in [-0.2, -0.15) is 0 Å². The molecule has 2 bridgehead atoms. The van der Waals surface area contributed by atoms with Crippen LogP contribution in [0.25, 0.3) is 21.9 Å². The predicted octanol–water partition coefficient (Wildman–Crippen LogP) is 6.29. The van der Waals surface area contributed by atoms with Crippen LogP contribution in [0, 0.1) is 12.8 Å². The van der Waals surface area contributed by atoms with Crippen LogP contribution in [0.2, 0.25) is 0 Å². The Hall–Kier alpha value is -3.12. The first-order valence-electron chi connectivity index (χ1n) is 11.3. The molecule has 0 aliphatic carbocycles. The number of amides is 2. The lowest BCUT2D eigenvalue weighted by Crippen LogP contribution is -2.39. The second kappa shape index (κ2) is 7.73. The highest BCUT2D eigenvalue weighted by Crippen LogP contribution is 2.43. The highest BCUT2D eigenvalue weighted by molar-refractivity contribution is 9.10. The number of anilines is 1. The number of carbonyl (C=O) groups is 2. The molecular weight excluding hydrogens is 480 g/mol. The maximum atomic E-state index is 13.4. The summed E-state index contributed by atoms with van der Waals surface area (Å²) < 4.78 is 6.85. The van der Waals surface area contributed by atoms with E-state index in [1.54, 1.807) is 0 Å². The van der Waals surface area contributed by atoms with E-state index in [-0.39, 0.29) is 29.8 Å². The van der Waals surface area contributed by atoms with E-state index in [1.165, 1.54) is 0 Å². The summed E-state index contributed by atoms with van der Waals surface area (Å²) in [5, 5.41) is 5.13. The fourth-order valence-corrected chi connectivity index (χ4v) is 6.11. The Bertz CT molecular complexity index is 1430. The molecule has 0 spiro atoms. The summed E-state index contributed by atoms with van der Waals surface area (Å²) in [5.74, 6) is -0.172. The van der Waals surface area contributed by atoms with E-state index in [9.17, 15) is 9.59 Å². The fraction of sp³-hybridized carbons (Fsp3) is 0.259. The molecular formula is C27H23BrN2O3. The van der Waals surface area contributed by atoms with Gasteiger partial charge in [0, 0.05) is 38.6 Å².